The Morgan fingerprint density at radius 1 is 1.08 bits per heavy atom. The molecule has 0 saturated heterocycles. The van der Waals surface area contributed by atoms with Gasteiger partial charge < -0.3 is 15.5 Å². The van der Waals surface area contributed by atoms with E-state index < -0.39 is 17.8 Å². The maximum Gasteiger partial charge on any atom is 0.416 e. The quantitative estimate of drug-likeness (QED) is 0.773. The lowest BCUT2D eigenvalue weighted by atomic mass is 10.0. The number of phenolic OH excluding ortho intramolecular Hbond substituents is 1. The summed E-state index contributed by atoms with van der Waals surface area (Å²) in [5.41, 5.74) is 1.84. The fraction of sp³-hybridized carbons (Fsp3) is 0.368. The highest BCUT2D eigenvalue weighted by molar-refractivity contribution is 5.38. The number of fused-ring (bicyclic) bond motifs is 1. The topological polar surface area (TPSA) is 52.5 Å². The van der Waals surface area contributed by atoms with Crippen LogP contribution in [-0.2, 0) is 19.0 Å². The van der Waals surface area contributed by atoms with E-state index in [9.17, 15) is 23.4 Å². The van der Waals surface area contributed by atoms with Gasteiger partial charge in [-0.2, -0.15) is 13.2 Å². The molecule has 3 nitrogen and oxygen atoms in total. The zero-order valence-corrected chi connectivity index (χ0v) is 13.6. The van der Waals surface area contributed by atoms with E-state index in [4.69, 9.17) is 0 Å². The van der Waals surface area contributed by atoms with Crippen molar-refractivity contribution in [1.82, 2.24) is 5.32 Å². The molecule has 2 unspecified atom stereocenters. The second-order valence-corrected chi connectivity index (χ2v) is 6.52. The molecule has 3 rings (SSSR count). The average Bonchev–Trinajstić information content (AvgIpc) is 2.96. The standard InChI is InChI=1S/C19H20F3NO2/c20-19(21,22)16-3-1-2-14(8-16)18(25)11-23-10-12-6-13-4-5-17(24)9-15(13)7-12/h1-5,8-9,12,18,23-25H,6-7,10-11H2. The lowest BCUT2D eigenvalue weighted by Gasteiger charge is -2.16. The smallest absolute Gasteiger partial charge is 0.416 e. The molecule has 0 amide bonds. The lowest BCUT2D eigenvalue weighted by molar-refractivity contribution is -0.137. The average molecular weight is 351 g/mol. The van der Waals surface area contributed by atoms with Crippen LogP contribution in [-0.4, -0.2) is 23.3 Å². The highest BCUT2D eigenvalue weighted by Crippen LogP contribution is 2.31. The van der Waals surface area contributed by atoms with Gasteiger partial charge in [0.25, 0.3) is 0 Å². The predicted molar refractivity (Wildman–Crippen MR) is 88.3 cm³/mol. The van der Waals surface area contributed by atoms with Crippen LogP contribution in [0.4, 0.5) is 13.2 Å². The normalized spacial score (nSPS) is 18.2. The molecule has 0 radical (unpaired) electrons. The first-order valence-corrected chi connectivity index (χ1v) is 8.19. The van der Waals surface area contributed by atoms with E-state index in [0.717, 1.165) is 30.5 Å². The van der Waals surface area contributed by atoms with Gasteiger partial charge in [-0.05, 0) is 66.3 Å². The van der Waals surface area contributed by atoms with Crippen LogP contribution in [0.1, 0.15) is 28.4 Å². The Balaban J connectivity index is 1.51. The first kappa shape index (κ1) is 17.8. The van der Waals surface area contributed by atoms with E-state index in [2.05, 4.69) is 5.32 Å². The minimum absolute atomic E-state index is 0.194. The van der Waals surface area contributed by atoms with Crippen molar-refractivity contribution in [2.45, 2.75) is 25.1 Å². The maximum atomic E-state index is 12.7. The molecule has 2 atom stereocenters. The number of aliphatic hydroxyl groups is 1. The second-order valence-electron chi connectivity index (χ2n) is 6.52. The summed E-state index contributed by atoms with van der Waals surface area (Å²) in [5, 5.41) is 22.8. The summed E-state index contributed by atoms with van der Waals surface area (Å²) in [6.07, 6.45) is -3.67. The third-order valence-corrected chi connectivity index (χ3v) is 4.58. The van der Waals surface area contributed by atoms with E-state index in [1.54, 1.807) is 12.1 Å². The zero-order valence-electron chi connectivity index (χ0n) is 13.6. The highest BCUT2D eigenvalue weighted by Gasteiger charge is 2.30. The van der Waals surface area contributed by atoms with Crippen LogP contribution < -0.4 is 5.32 Å². The van der Waals surface area contributed by atoms with Crippen LogP contribution in [0.5, 0.6) is 5.75 Å². The van der Waals surface area contributed by atoms with Crippen molar-refractivity contribution < 1.29 is 23.4 Å². The van der Waals surface area contributed by atoms with Crippen LogP contribution >= 0.6 is 0 Å². The molecule has 0 bridgehead atoms. The molecular formula is C19H20F3NO2. The summed E-state index contributed by atoms with van der Waals surface area (Å²) >= 11 is 0. The third kappa shape index (κ3) is 4.32. The van der Waals surface area contributed by atoms with Crippen LogP contribution in [0, 0.1) is 5.92 Å². The SMILES string of the molecule is Oc1ccc2c(c1)CC(CNCC(O)c1cccc(C(F)(F)F)c1)C2. The minimum atomic E-state index is -4.41. The van der Waals surface area contributed by atoms with Gasteiger partial charge in [0.2, 0.25) is 0 Å². The summed E-state index contributed by atoms with van der Waals surface area (Å²) < 4.78 is 38.2. The number of alkyl halides is 3. The number of aliphatic hydroxyl groups excluding tert-OH is 1. The first-order valence-electron chi connectivity index (χ1n) is 8.19. The highest BCUT2D eigenvalue weighted by atomic mass is 19.4. The summed E-state index contributed by atoms with van der Waals surface area (Å²) in [6.45, 7) is 0.852. The molecule has 2 aromatic rings. The summed E-state index contributed by atoms with van der Waals surface area (Å²) in [6, 6.07) is 10.1. The Labute approximate surface area is 144 Å². The largest absolute Gasteiger partial charge is 0.508 e. The maximum absolute atomic E-state index is 12.7. The second kappa shape index (κ2) is 7.06. The Morgan fingerprint density at radius 3 is 2.60 bits per heavy atom. The number of nitrogens with one attached hydrogen (secondary N) is 1. The first-order chi connectivity index (χ1) is 11.8. The molecule has 0 spiro atoms. The molecule has 1 aliphatic carbocycles. The van der Waals surface area contributed by atoms with Gasteiger partial charge in [0.1, 0.15) is 5.75 Å². The van der Waals surface area contributed by atoms with E-state index >= 15 is 0 Å². The summed E-state index contributed by atoms with van der Waals surface area (Å²) in [5.74, 6) is 0.609. The monoisotopic (exact) mass is 351 g/mol. The molecule has 0 aromatic heterocycles. The number of hydrogen-bond donors (Lipinski definition) is 3. The molecule has 0 aliphatic heterocycles. The van der Waals surface area contributed by atoms with Crippen LogP contribution in [0.25, 0.3) is 0 Å². The van der Waals surface area contributed by atoms with Crippen LogP contribution in [0.15, 0.2) is 42.5 Å². The van der Waals surface area contributed by atoms with Crippen LogP contribution in [0.3, 0.4) is 0 Å². The van der Waals surface area contributed by atoms with E-state index in [0.29, 0.717) is 12.5 Å². The van der Waals surface area contributed by atoms with Gasteiger partial charge in [-0.3, -0.25) is 0 Å². The van der Waals surface area contributed by atoms with E-state index in [-0.39, 0.29) is 17.9 Å². The Hall–Kier alpha value is -2.05. The molecule has 134 valence electrons. The third-order valence-electron chi connectivity index (χ3n) is 4.58. The van der Waals surface area contributed by atoms with Crippen molar-refractivity contribution in [2.75, 3.05) is 13.1 Å². The molecule has 0 heterocycles. The summed E-state index contributed by atoms with van der Waals surface area (Å²) in [7, 11) is 0. The van der Waals surface area contributed by atoms with Crippen molar-refractivity contribution >= 4 is 0 Å². The Kier molecular flexibility index (Phi) is 5.01. The molecular weight excluding hydrogens is 331 g/mol. The van der Waals surface area contributed by atoms with Gasteiger partial charge in [-0.25, -0.2) is 0 Å². The number of phenols is 1. The Morgan fingerprint density at radius 2 is 1.84 bits per heavy atom. The van der Waals surface area contributed by atoms with Crippen molar-refractivity contribution in [2.24, 2.45) is 5.92 Å². The number of hydrogen-bond acceptors (Lipinski definition) is 3. The van der Waals surface area contributed by atoms with Crippen LogP contribution in [0.2, 0.25) is 0 Å². The molecule has 2 aromatic carbocycles. The summed E-state index contributed by atoms with van der Waals surface area (Å²) in [4.78, 5) is 0. The number of aromatic hydroxyl groups is 1. The van der Waals surface area contributed by atoms with E-state index in [1.165, 1.54) is 17.7 Å². The number of halogens is 3. The molecule has 1 aliphatic rings. The molecule has 6 heteroatoms. The fourth-order valence-corrected chi connectivity index (χ4v) is 3.30. The number of benzene rings is 2. The minimum Gasteiger partial charge on any atom is -0.508 e. The molecule has 0 fully saturated rings. The van der Waals surface area contributed by atoms with Gasteiger partial charge in [0.15, 0.2) is 0 Å². The molecule has 3 N–H and O–H groups in total. The van der Waals surface area contributed by atoms with Gasteiger partial charge in [0.05, 0.1) is 11.7 Å². The van der Waals surface area contributed by atoms with E-state index in [1.807, 2.05) is 6.07 Å². The van der Waals surface area contributed by atoms with Gasteiger partial charge in [-0.1, -0.05) is 18.2 Å². The molecule has 25 heavy (non-hydrogen) atoms. The van der Waals surface area contributed by atoms with Crippen molar-refractivity contribution in [3.05, 3.63) is 64.7 Å². The van der Waals surface area contributed by atoms with Gasteiger partial charge >= 0.3 is 6.18 Å². The van der Waals surface area contributed by atoms with Crippen molar-refractivity contribution in [3.8, 4) is 5.75 Å². The fourth-order valence-electron chi connectivity index (χ4n) is 3.30. The number of rotatable bonds is 5. The predicted octanol–water partition coefficient (Wildman–Crippen LogP) is 3.45. The van der Waals surface area contributed by atoms with Crippen molar-refractivity contribution in [3.63, 3.8) is 0 Å². The van der Waals surface area contributed by atoms with Gasteiger partial charge in [0, 0.05) is 6.54 Å². The molecule has 0 saturated carbocycles. The lowest BCUT2D eigenvalue weighted by Crippen LogP contribution is -2.27. The Bertz CT molecular complexity index is 746. The zero-order chi connectivity index (χ0) is 18.0. The van der Waals surface area contributed by atoms with Crippen molar-refractivity contribution in [1.29, 1.82) is 0 Å². The van der Waals surface area contributed by atoms with Gasteiger partial charge in [-0.15, -0.1) is 0 Å².